The second-order valence-corrected chi connectivity index (χ2v) is 16.6. The Morgan fingerprint density at radius 2 is 1.41 bits per heavy atom. The highest BCUT2D eigenvalue weighted by Gasteiger charge is 2.28. The van der Waals surface area contributed by atoms with Crippen LogP contribution in [0.3, 0.4) is 0 Å². The van der Waals surface area contributed by atoms with E-state index in [0.29, 0.717) is 6.61 Å². The van der Waals surface area contributed by atoms with E-state index in [4.69, 9.17) is 8.85 Å². The largest absolute Gasteiger partial charge is 0.463 e. The standard InChI is InChI=1S/C17H36O3Si2/c1-7-17(18)19-15-13-11-9-8-10-12-14-16-22(5,6)20-21(2,3)4/h7H,1,8-16H2,2-6H3. The molecule has 22 heavy (non-hydrogen) atoms. The quantitative estimate of drug-likeness (QED) is 0.191. The van der Waals surface area contributed by atoms with E-state index in [1.807, 2.05) is 0 Å². The minimum Gasteiger partial charge on any atom is -0.463 e. The molecule has 0 aromatic carbocycles. The van der Waals surface area contributed by atoms with Crippen LogP contribution in [0.1, 0.15) is 44.9 Å². The normalized spacial score (nSPS) is 12.2. The first-order valence-corrected chi connectivity index (χ1v) is 15.2. The van der Waals surface area contributed by atoms with Crippen molar-refractivity contribution in [1.29, 1.82) is 0 Å². The Morgan fingerprint density at radius 3 is 1.91 bits per heavy atom. The molecule has 0 aliphatic heterocycles. The second-order valence-electron chi connectivity index (χ2n) is 7.57. The highest BCUT2D eigenvalue weighted by Crippen LogP contribution is 2.21. The lowest BCUT2D eigenvalue weighted by molar-refractivity contribution is -0.137. The minimum absolute atomic E-state index is 0.313. The van der Waals surface area contributed by atoms with Gasteiger partial charge < -0.3 is 8.85 Å². The van der Waals surface area contributed by atoms with Crippen molar-refractivity contribution < 1.29 is 13.6 Å². The van der Waals surface area contributed by atoms with Crippen LogP contribution in [0.2, 0.25) is 38.8 Å². The van der Waals surface area contributed by atoms with Crippen LogP contribution < -0.4 is 0 Å². The number of ether oxygens (including phenoxy) is 1. The molecule has 0 amide bonds. The van der Waals surface area contributed by atoms with Gasteiger partial charge in [0, 0.05) is 6.08 Å². The van der Waals surface area contributed by atoms with Gasteiger partial charge in [0.2, 0.25) is 0 Å². The van der Waals surface area contributed by atoms with Gasteiger partial charge in [-0.3, -0.25) is 0 Å². The minimum atomic E-state index is -1.43. The third kappa shape index (κ3) is 14.5. The summed E-state index contributed by atoms with van der Waals surface area (Å²) < 4.78 is 11.3. The summed E-state index contributed by atoms with van der Waals surface area (Å²) in [6.07, 6.45) is 9.77. The third-order valence-corrected chi connectivity index (χ3v) is 9.63. The molecule has 0 spiro atoms. The molecule has 0 atom stereocenters. The Balaban J connectivity index is 3.43. The average Bonchev–Trinajstić information content (AvgIpc) is 2.37. The Morgan fingerprint density at radius 1 is 0.909 bits per heavy atom. The van der Waals surface area contributed by atoms with Crippen LogP contribution in [-0.4, -0.2) is 29.2 Å². The molecule has 0 N–H and O–H groups in total. The molecular weight excluding hydrogens is 308 g/mol. The SMILES string of the molecule is C=CC(=O)OCCCCCCCCC[Si](C)(C)O[Si](C)(C)C. The maximum Gasteiger partial charge on any atom is 0.330 e. The van der Waals surface area contributed by atoms with Crippen molar-refractivity contribution >= 4 is 22.6 Å². The van der Waals surface area contributed by atoms with Crippen LogP contribution in [0.15, 0.2) is 12.7 Å². The molecule has 0 aliphatic carbocycles. The number of unbranched alkanes of at least 4 members (excludes halogenated alkanes) is 6. The van der Waals surface area contributed by atoms with Crippen LogP contribution in [0, 0.1) is 0 Å². The van der Waals surface area contributed by atoms with Crippen molar-refractivity contribution in [2.75, 3.05) is 6.61 Å². The maximum atomic E-state index is 10.8. The maximum absolute atomic E-state index is 10.8. The van der Waals surface area contributed by atoms with E-state index in [9.17, 15) is 4.79 Å². The van der Waals surface area contributed by atoms with Crippen molar-refractivity contribution in [3.63, 3.8) is 0 Å². The fourth-order valence-electron chi connectivity index (χ4n) is 2.65. The molecule has 0 saturated heterocycles. The van der Waals surface area contributed by atoms with Gasteiger partial charge in [-0.25, -0.2) is 4.79 Å². The molecule has 0 fully saturated rings. The molecule has 0 unspecified atom stereocenters. The van der Waals surface area contributed by atoms with Gasteiger partial charge in [-0.05, 0) is 45.2 Å². The van der Waals surface area contributed by atoms with Gasteiger partial charge >= 0.3 is 5.97 Å². The molecule has 0 bridgehead atoms. The van der Waals surface area contributed by atoms with Crippen molar-refractivity contribution in [3.8, 4) is 0 Å². The van der Waals surface area contributed by atoms with E-state index in [1.54, 1.807) is 0 Å². The molecule has 0 radical (unpaired) electrons. The van der Waals surface area contributed by atoms with E-state index < -0.39 is 16.6 Å². The van der Waals surface area contributed by atoms with Gasteiger partial charge in [-0.15, -0.1) is 0 Å². The van der Waals surface area contributed by atoms with Gasteiger partial charge in [-0.1, -0.05) is 45.1 Å². The van der Waals surface area contributed by atoms with Crippen molar-refractivity contribution in [2.24, 2.45) is 0 Å². The lowest BCUT2D eigenvalue weighted by Gasteiger charge is -2.31. The average molecular weight is 345 g/mol. The van der Waals surface area contributed by atoms with E-state index in [0.717, 1.165) is 12.8 Å². The summed E-state index contributed by atoms with van der Waals surface area (Å²) in [5, 5.41) is 0. The first-order valence-electron chi connectivity index (χ1n) is 8.66. The van der Waals surface area contributed by atoms with E-state index in [-0.39, 0.29) is 5.97 Å². The Bertz CT molecular complexity index is 322. The summed E-state index contributed by atoms with van der Waals surface area (Å²) in [4.78, 5) is 10.8. The van der Waals surface area contributed by atoms with Crippen molar-refractivity contribution in [2.45, 2.75) is 83.7 Å². The smallest absolute Gasteiger partial charge is 0.330 e. The van der Waals surface area contributed by atoms with Gasteiger partial charge in [0.05, 0.1) is 6.61 Å². The van der Waals surface area contributed by atoms with Crippen LogP contribution in [-0.2, 0) is 13.6 Å². The number of hydrogen-bond acceptors (Lipinski definition) is 3. The number of hydrogen-bond donors (Lipinski definition) is 0. The highest BCUT2D eigenvalue weighted by molar-refractivity contribution is 6.84. The van der Waals surface area contributed by atoms with Crippen LogP contribution in [0.5, 0.6) is 0 Å². The van der Waals surface area contributed by atoms with Gasteiger partial charge in [0.1, 0.15) is 0 Å². The molecular formula is C17H36O3Si2. The number of rotatable bonds is 13. The molecule has 0 saturated carbocycles. The summed E-state index contributed by atoms with van der Waals surface area (Å²) in [7, 11) is -2.81. The van der Waals surface area contributed by atoms with Crippen LogP contribution >= 0.6 is 0 Å². The van der Waals surface area contributed by atoms with Crippen LogP contribution in [0.25, 0.3) is 0 Å². The van der Waals surface area contributed by atoms with Gasteiger partial charge in [0.15, 0.2) is 16.6 Å². The molecule has 5 heteroatoms. The van der Waals surface area contributed by atoms with Crippen molar-refractivity contribution in [3.05, 3.63) is 12.7 Å². The Hall–Kier alpha value is -0.396. The van der Waals surface area contributed by atoms with E-state index >= 15 is 0 Å². The summed E-state index contributed by atoms with van der Waals surface area (Å²) in [5.74, 6) is -0.313. The number of carbonyl (C=O) groups is 1. The summed E-state index contributed by atoms with van der Waals surface area (Å²) >= 11 is 0. The lowest BCUT2D eigenvalue weighted by Crippen LogP contribution is -2.42. The predicted octanol–water partition coefficient (Wildman–Crippen LogP) is 5.50. The summed E-state index contributed by atoms with van der Waals surface area (Å²) in [5.41, 5.74) is 0. The zero-order chi connectivity index (χ0) is 17.1. The van der Waals surface area contributed by atoms with Gasteiger partial charge in [-0.2, -0.15) is 0 Å². The number of carbonyl (C=O) groups excluding carboxylic acids is 1. The molecule has 0 aromatic heterocycles. The third-order valence-electron chi connectivity index (χ3n) is 3.42. The van der Waals surface area contributed by atoms with Crippen molar-refractivity contribution in [1.82, 2.24) is 0 Å². The summed E-state index contributed by atoms with van der Waals surface area (Å²) in [6, 6.07) is 1.29. The summed E-state index contributed by atoms with van der Waals surface area (Å²) in [6.45, 7) is 15.5. The van der Waals surface area contributed by atoms with E-state index in [1.165, 1.54) is 44.2 Å². The lowest BCUT2D eigenvalue weighted by atomic mass is 10.1. The fraction of sp³-hybridized carbons (Fsp3) is 0.824. The Kier molecular flexibility index (Phi) is 11.0. The molecule has 3 nitrogen and oxygen atoms in total. The highest BCUT2D eigenvalue weighted by atomic mass is 28.4. The molecule has 0 aromatic rings. The Labute approximate surface area is 139 Å². The topological polar surface area (TPSA) is 35.5 Å². The molecule has 0 rings (SSSR count). The van der Waals surface area contributed by atoms with Crippen LogP contribution in [0.4, 0.5) is 0 Å². The fourth-order valence-corrected chi connectivity index (χ4v) is 10.8. The first-order chi connectivity index (χ1) is 10.2. The second kappa shape index (κ2) is 11.2. The van der Waals surface area contributed by atoms with Gasteiger partial charge in [0.25, 0.3) is 0 Å². The number of esters is 1. The molecule has 0 heterocycles. The zero-order valence-electron chi connectivity index (χ0n) is 15.4. The monoisotopic (exact) mass is 344 g/mol. The molecule has 130 valence electrons. The molecule has 0 aliphatic rings. The first kappa shape index (κ1) is 21.6. The van der Waals surface area contributed by atoms with E-state index in [2.05, 4.69) is 39.3 Å². The zero-order valence-corrected chi connectivity index (χ0v) is 17.4. The predicted molar refractivity (Wildman–Crippen MR) is 100 cm³/mol.